The van der Waals surface area contributed by atoms with Gasteiger partial charge in [-0.05, 0) is 30.9 Å². The van der Waals surface area contributed by atoms with Gasteiger partial charge in [-0.15, -0.1) is 0 Å². The van der Waals surface area contributed by atoms with Gasteiger partial charge >= 0.3 is 0 Å². The van der Waals surface area contributed by atoms with E-state index in [0.29, 0.717) is 17.7 Å². The minimum atomic E-state index is 0.0719. The third-order valence-electron chi connectivity index (χ3n) is 3.86. The van der Waals surface area contributed by atoms with E-state index in [-0.39, 0.29) is 5.91 Å². The first-order valence-electron chi connectivity index (χ1n) is 7.56. The zero-order valence-corrected chi connectivity index (χ0v) is 12.7. The summed E-state index contributed by atoms with van der Waals surface area (Å²) in [6.07, 6.45) is 6.42. The second-order valence-corrected chi connectivity index (χ2v) is 5.97. The molecule has 0 bridgehead atoms. The van der Waals surface area contributed by atoms with Crippen LogP contribution in [-0.4, -0.2) is 35.4 Å². The Labute approximate surface area is 121 Å². The van der Waals surface area contributed by atoms with Gasteiger partial charge in [-0.25, -0.2) is 0 Å². The highest BCUT2D eigenvalue weighted by Gasteiger charge is 2.28. The highest BCUT2D eigenvalue weighted by Crippen LogP contribution is 2.25. The molecule has 20 heavy (non-hydrogen) atoms. The second-order valence-electron chi connectivity index (χ2n) is 5.97. The van der Waals surface area contributed by atoms with Crippen molar-refractivity contribution in [1.29, 1.82) is 0 Å². The molecule has 0 radical (unpaired) electrons. The van der Waals surface area contributed by atoms with E-state index in [2.05, 4.69) is 24.1 Å². The smallest absolute Gasteiger partial charge is 0.272 e. The van der Waals surface area contributed by atoms with Crippen LogP contribution in [0.2, 0.25) is 0 Å². The first kappa shape index (κ1) is 14.8. The minimum absolute atomic E-state index is 0.0719. The molecule has 110 valence electrons. The van der Waals surface area contributed by atoms with Gasteiger partial charge in [0, 0.05) is 31.5 Å². The van der Waals surface area contributed by atoms with Crippen LogP contribution >= 0.6 is 0 Å². The molecule has 0 aromatic carbocycles. The van der Waals surface area contributed by atoms with E-state index < -0.39 is 0 Å². The Morgan fingerprint density at radius 3 is 2.75 bits per heavy atom. The molecule has 1 heterocycles. The number of carbonyl (C=O) groups excluding carboxylic acids is 1. The third-order valence-corrected chi connectivity index (χ3v) is 3.86. The molecule has 1 aromatic rings. The quantitative estimate of drug-likeness (QED) is 0.897. The monoisotopic (exact) mass is 275 g/mol. The van der Waals surface area contributed by atoms with Gasteiger partial charge in [0.15, 0.2) is 0 Å². The number of pyridine rings is 1. The Kier molecular flexibility index (Phi) is 4.99. The van der Waals surface area contributed by atoms with Crippen LogP contribution in [0.3, 0.4) is 0 Å². The van der Waals surface area contributed by atoms with Crippen molar-refractivity contribution in [1.82, 2.24) is 9.88 Å². The average Bonchev–Trinajstić information content (AvgIpc) is 2.98. The van der Waals surface area contributed by atoms with Gasteiger partial charge in [0.1, 0.15) is 5.69 Å². The van der Waals surface area contributed by atoms with Gasteiger partial charge in [-0.1, -0.05) is 26.7 Å². The van der Waals surface area contributed by atoms with E-state index in [1.165, 1.54) is 12.8 Å². The lowest BCUT2D eigenvalue weighted by Crippen LogP contribution is -2.41. The van der Waals surface area contributed by atoms with Crippen molar-refractivity contribution < 1.29 is 4.79 Å². The summed E-state index contributed by atoms with van der Waals surface area (Å²) in [5, 5.41) is 3.06. The van der Waals surface area contributed by atoms with E-state index in [9.17, 15) is 4.79 Å². The summed E-state index contributed by atoms with van der Waals surface area (Å²) in [4.78, 5) is 19.1. The molecule has 1 saturated carbocycles. The molecule has 0 atom stereocenters. The van der Waals surface area contributed by atoms with E-state index in [4.69, 9.17) is 0 Å². The van der Waals surface area contributed by atoms with E-state index in [1.807, 2.05) is 24.1 Å². The average molecular weight is 275 g/mol. The summed E-state index contributed by atoms with van der Waals surface area (Å²) in [6.45, 7) is 5.13. The molecular formula is C16H25N3O. The molecule has 2 rings (SSSR count). The summed E-state index contributed by atoms with van der Waals surface area (Å²) >= 11 is 0. The molecule has 1 fully saturated rings. The Morgan fingerprint density at radius 2 is 2.15 bits per heavy atom. The summed E-state index contributed by atoms with van der Waals surface area (Å²) < 4.78 is 0. The predicted octanol–water partition coefficient (Wildman–Crippen LogP) is 3.16. The highest BCUT2D eigenvalue weighted by atomic mass is 16.2. The fourth-order valence-electron chi connectivity index (χ4n) is 2.86. The Balaban J connectivity index is 2.20. The van der Waals surface area contributed by atoms with Crippen LogP contribution in [-0.2, 0) is 0 Å². The van der Waals surface area contributed by atoms with Crippen LogP contribution in [0, 0.1) is 5.92 Å². The summed E-state index contributed by atoms with van der Waals surface area (Å²) in [6, 6.07) is 4.11. The molecular weight excluding hydrogens is 250 g/mol. The molecule has 1 amide bonds. The normalized spacial score (nSPS) is 15.6. The number of nitrogens with zero attached hydrogens (tertiary/aromatic N) is 2. The molecule has 1 N–H and O–H groups in total. The molecule has 0 unspecified atom stereocenters. The van der Waals surface area contributed by atoms with Gasteiger partial charge in [-0.2, -0.15) is 0 Å². The van der Waals surface area contributed by atoms with Crippen LogP contribution in [0.1, 0.15) is 50.0 Å². The van der Waals surface area contributed by atoms with Crippen LogP contribution in [0.4, 0.5) is 5.69 Å². The SMILES string of the molecule is CNc1ccnc(C(=O)N(CC(C)C)C2CCCC2)c1. The number of aromatic nitrogens is 1. The first-order valence-corrected chi connectivity index (χ1v) is 7.56. The summed E-state index contributed by atoms with van der Waals surface area (Å²) in [5.41, 5.74) is 1.48. The maximum Gasteiger partial charge on any atom is 0.272 e. The van der Waals surface area contributed by atoms with Crippen molar-refractivity contribution in [3.05, 3.63) is 24.0 Å². The fraction of sp³-hybridized carbons (Fsp3) is 0.625. The largest absolute Gasteiger partial charge is 0.388 e. The maximum atomic E-state index is 12.8. The lowest BCUT2D eigenvalue weighted by Gasteiger charge is -2.30. The topological polar surface area (TPSA) is 45.2 Å². The highest BCUT2D eigenvalue weighted by molar-refractivity contribution is 5.93. The maximum absolute atomic E-state index is 12.8. The summed E-state index contributed by atoms with van der Waals surface area (Å²) in [5.74, 6) is 0.551. The van der Waals surface area contributed by atoms with Gasteiger partial charge in [0.25, 0.3) is 5.91 Å². The standard InChI is InChI=1S/C16H25N3O/c1-12(2)11-19(14-6-4-5-7-14)16(20)15-10-13(17-3)8-9-18-15/h8-10,12,14H,4-7,11H2,1-3H3,(H,17,18). The van der Waals surface area contributed by atoms with Crippen molar-refractivity contribution >= 4 is 11.6 Å². The number of rotatable bonds is 5. The lowest BCUT2D eigenvalue weighted by molar-refractivity contribution is 0.0649. The molecule has 4 nitrogen and oxygen atoms in total. The molecule has 1 aliphatic rings. The molecule has 1 aliphatic carbocycles. The van der Waals surface area contributed by atoms with Crippen LogP contribution in [0.15, 0.2) is 18.3 Å². The number of amides is 1. The Hall–Kier alpha value is -1.58. The van der Waals surface area contributed by atoms with Crippen molar-refractivity contribution in [3.8, 4) is 0 Å². The van der Waals surface area contributed by atoms with Crippen LogP contribution < -0.4 is 5.32 Å². The van der Waals surface area contributed by atoms with Gasteiger partial charge < -0.3 is 10.2 Å². The molecule has 0 spiro atoms. The number of hydrogen-bond donors (Lipinski definition) is 1. The van der Waals surface area contributed by atoms with Crippen LogP contribution in [0.5, 0.6) is 0 Å². The van der Waals surface area contributed by atoms with E-state index in [1.54, 1.807) is 6.20 Å². The third kappa shape index (κ3) is 3.50. The van der Waals surface area contributed by atoms with Gasteiger partial charge in [0.2, 0.25) is 0 Å². The van der Waals surface area contributed by atoms with Gasteiger partial charge in [-0.3, -0.25) is 9.78 Å². The number of hydrogen-bond acceptors (Lipinski definition) is 3. The van der Waals surface area contributed by atoms with Crippen LogP contribution in [0.25, 0.3) is 0 Å². The molecule has 4 heteroatoms. The lowest BCUT2D eigenvalue weighted by atomic mass is 10.1. The zero-order valence-electron chi connectivity index (χ0n) is 12.7. The Bertz CT molecular complexity index is 453. The predicted molar refractivity (Wildman–Crippen MR) is 81.9 cm³/mol. The van der Waals surface area contributed by atoms with E-state index >= 15 is 0 Å². The fourth-order valence-corrected chi connectivity index (χ4v) is 2.86. The number of anilines is 1. The van der Waals surface area contributed by atoms with Crippen molar-refractivity contribution in [2.75, 3.05) is 18.9 Å². The Morgan fingerprint density at radius 1 is 1.45 bits per heavy atom. The van der Waals surface area contributed by atoms with E-state index in [0.717, 1.165) is 25.1 Å². The molecule has 0 saturated heterocycles. The zero-order chi connectivity index (χ0) is 14.5. The first-order chi connectivity index (χ1) is 9.61. The number of carbonyl (C=O) groups is 1. The van der Waals surface area contributed by atoms with Crippen molar-refractivity contribution in [2.24, 2.45) is 5.92 Å². The van der Waals surface area contributed by atoms with Crippen molar-refractivity contribution in [3.63, 3.8) is 0 Å². The van der Waals surface area contributed by atoms with Gasteiger partial charge in [0.05, 0.1) is 0 Å². The summed E-state index contributed by atoms with van der Waals surface area (Å²) in [7, 11) is 1.85. The minimum Gasteiger partial charge on any atom is -0.388 e. The molecule has 1 aromatic heterocycles. The molecule has 0 aliphatic heterocycles. The van der Waals surface area contributed by atoms with Crippen molar-refractivity contribution in [2.45, 2.75) is 45.6 Å². The number of nitrogens with one attached hydrogen (secondary N) is 1. The second kappa shape index (κ2) is 6.73.